The molecule has 3 heteroatoms. The highest BCUT2D eigenvalue weighted by molar-refractivity contribution is 7.50. The fourth-order valence-electron chi connectivity index (χ4n) is 3.73. The third-order valence-corrected chi connectivity index (χ3v) is 7.48. The highest BCUT2D eigenvalue weighted by Gasteiger charge is 2.28. The number of fused-ring (bicyclic) bond motifs is 3. The van der Waals surface area contributed by atoms with E-state index in [0.29, 0.717) is 12.0 Å². The maximum absolute atomic E-state index is 12.9. The van der Waals surface area contributed by atoms with Crippen LogP contribution >= 0.6 is 10.5 Å². The summed E-state index contributed by atoms with van der Waals surface area (Å²) in [7, 11) is -0.244. The van der Waals surface area contributed by atoms with Crippen LogP contribution in [0.3, 0.4) is 0 Å². The van der Waals surface area contributed by atoms with E-state index in [-0.39, 0.29) is 16.4 Å². The van der Waals surface area contributed by atoms with Gasteiger partial charge in [-0.05, 0) is 49.7 Å². The van der Waals surface area contributed by atoms with Crippen molar-refractivity contribution in [1.29, 1.82) is 0 Å². The fraction of sp³-hybridized carbons (Fsp3) is 0.192. The summed E-state index contributed by atoms with van der Waals surface area (Å²) in [6.07, 6.45) is 7.13. The molecule has 4 aromatic rings. The van der Waals surface area contributed by atoms with E-state index in [0.717, 1.165) is 11.1 Å². The van der Waals surface area contributed by atoms with Gasteiger partial charge >= 0.3 is 5.97 Å². The van der Waals surface area contributed by atoms with Gasteiger partial charge in [-0.15, -0.1) is 6.42 Å². The zero-order valence-corrected chi connectivity index (χ0v) is 17.5. The molecule has 0 aliphatic carbocycles. The summed E-state index contributed by atoms with van der Waals surface area (Å²) in [5.74, 6) is 2.27. The average molecular weight is 400 g/mol. The van der Waals surface area contributed by atoms with Crippen LogP contribution in [-0.2, 0) is 4.74 Å². The Morgan fingerprint density at radius 2 is 1.69 bits per heavy atom. The van der Waals surface area contributed by atoms with Gasteiger partial charge in [0.15, 0.2) is 19.9 Å². The Labute approximate surface area is 174 Å². The lowest BCUT2D eigenvalue weighted by molar-refractivity contribution is 0.0114. The third-order valence-electron chi connectivity index (χ3n) is 5.16. The van der Waals surface area contributed by atoms with E-state index in [1.807, 2.05) is 31.2 Å². The van der Waals surface area contributed by atoms with Crippen LogP contribution in [0.25, 0.3) is 25.1 Å². The van der Waals surface area contributed by atoms with Gasteiger partial charge in [0.05, 0.1) is 5.56 Å². The van der Waals surface area contributed by atoms with Gasteiger partial charge in [0.25, 0.3) is 0 Å². The van der Waals surface area contributed by atoms with Crippen LogP contribution in [0, 0.1) is 12.3 Å². The number of hydrogen-bond donors (Lipinski definition) is 0. The first kappa shape index (κ1) is 19.2. The highest BCUT2D eigenvalue weighted by atomic mass is 32.2. The van der Waals surface area contributed by atoms with E-state index in [4.69, 9.17) is 11.2 Å². The van der Waals surface area contributed by atoms with Crippen LogP contribution in [0.15, 0.2) is 72.8 Å². The molecule has 0 saturated carbocycles. The number of benzene rings is 3. The quantitative estimate of drug-likeness (QED) is 0.204. The third kappa shape index (κ3) is 3.52. The first-order valence-electron chi connectivity index (χ1n) is 9.80. The molecule has 144 valence electrons. The van der Waals surface area contributed by atoms with Crippen molar-refractivity contribution in [3.05, 3.63) is 78.4 Å². The molecule has 0 aliphatic rings. The Morgan fingerprint density at radius 3 is 2.41 bits per heavy atom. The van der Waals surface area contributed by atoms with Gasteiger partial charge in [-0.3, -0.25) is 0 Å². The second kappa shape index (κ2) is 7.73. The molecule has 0 N–H and O–H groups in total. The molecule has 1 heterocycles. The van der Waals surface area contributed by atoms with E-state index in [9.17, 15) is 4.79 Å². The maximum atomic E-state index is 12.9. The van der Waals surface area contributed by atoms with E-state index >= 15 is 0 Å². The SMILES string of the molecule is C#CC(C)(CCC)OC(=O)c1ccc2c3ccccc3[s+](-c3ccccc3)c2c1. The smallest absolute Gasteiger partial charge is 0.339 e. The van der Waals surface area contributed by atoms with Gasteiger partial charge in [-0.2, -0.15) is 0 Å². The minimum atomic E-state index is -0.880. The first-order valence-corrected chi connectivity index (χ1v) is 11.0. The zero-order valence-electron chi connectivity index (χ0n) is 16.6. The van der Waals surface area contributed by atoms with Crippen LogP contribution in [0.4, 0.5) is 0 Å². The predicted octanol–water partition coefficient (Wildman–Crippen LogP) is 7.08. The second-order valence-electron chi connectivity index (χ2n) is 7.34. The lowest BCUT2D eigenvalue weighted by Crippen LogP contribution is -2.29. The summed E-state index contributed by atoms with van der Waals surface area (Å²) < 4.78 is 8.17. The fourth-order valence-corrected chi connectivity index (χ4v) is 6.16. The van der Waals surface area contributed by atoms with E-state index in [1.54, 1.807) is 6.92 Å². The lowest BCUT2D eigenvalue weighted by atomic mass is 10.0. The summed E-state index contributed by atoms with van der Waals surface area (Å²) in [5, 5.41) is 2.41. The van der Waals surface area contributed by atoms with Crippen molar-refractivity contribution in [2.45, 2.75) is 32.3 Å². The molecule has 0 radical (unpaired) electrons. The molecular formula is C26H23O2S+. The van der Waals surface area contributed by atoms with Crippen molar-refractivity contribution in [3.63, 3.8) is 0 Å². The molecule has 2 nitrogen and oxygen atoms in total. The van der Waals surface area contributed by atoms with Gasteiger partial charge in [-0.1, -0.05) is 49.6 Å². The summed E-state index contributed by atoms with van der Waals surface area (Å²) >= 11 is 0. The molecule has 0 bridgehead atoms. The van der Waals surface area contributed by atoms with E-state index in [2.05, 4.69) is 54.5 Å². The second-order valence-corrected chi connectivity index (χ2v) is 9.30. The molecule has 0 saturated heterocycles. The summed E-state index contributed by atoms with van der Waals surface area (Å²) in [6.45, 7) is 3.83. The van der Waals surface area contributed by atoms with Crippen LogP contribution in [-0.4, -0.2) is 11.6 Å². The van der Waals surface area contributed by atoms with Crippen molar-refractivity contribution in [3.8, 4) is 17.2 Å². The summed E-state index contributed by atoms with van der Waals surface area (Å²) in [6, 6.07) is 24.8. The molecule has 0 spiro atoms. The number of hydrogen-bond acceptors (Lipinski definition) is 2. The Balaban J connectivity index is 1.87. The zero-order chi connectivity index (χ0) is 20.4. The van der Waals surface area contributed by atoms with Gasteiger partial charge in [0.2, 0.25) is 0 Å². The standard InChI is InChI=1S/C26H23O2S/c1-4-17-26(3,5-2)28-25(27)19-15-16-22-21-13-9-10-14-23(21)29(24(22)18-19)20-11-7-6-8-12-20/h2,6-16,18H,4,17H2,1,3H3/q+1. The van der Waals surface area contributed by atoms with Crippen molar-refractivity contribution in [1.82, 2.24) is 0 Å². The summed E-state index contributed by atoms with van der Waals surface area (Å²) in [5.41, 5.74) is -0.336. The van der Waals surface area contributed by atoms with Crippen LogP contribution in [0.5, 0.6) is 0 Å². The van der Waals surface area contributed by atoms with Gasteiger partial charge in [0, 0.05) is 27.3 Å². The summed E-state index contributed by atoms with van der Waals surface area (Å²) in [4.78, 5) is 14.1. The molecule has 2 atom stereocenters. The molecule has 0 fully saturated rings. The molecule has 0 amide bonds. The monoisotopic (exact) mass is 399 g/mol. The maximum Gasteiger partial charge on any atom is 0.339 e. The van der Waals surface area contributed by atoms with Crippen molar-refractivity contribution < 1.29 is 9.53 Å². The number of carbonyl (C=O) groups is 1. The molecule has 29 heavy (non-hydrogen) atoms. The molecule has 4 rings (SSSR count). The van der Waals surface area contributed by atoms with Crippen molar-refractivity contribution >= 4 is 36.6 Å². The van der Waals surface area contributed by atoms with E-state index < -0.39 is 5.60 Å². The normalized spacial score (nSPS) is 13.8. The number of esters is 1. The van der Waals surface area contributed by atoms with Gasteiger partial charge in [-0.25, -0.2) is 4.79 Å². The number of thiophene rings is 1. The molecule has 1 aromatic heterocycles. The Bertz CT molecular complexity index is 1230. The minimum Gasteiger partial charge on any atom is -0.443 e. The molecule has 0 aliphatic heterocycles. The number of ether oxygens (including phenoxy) is 1. The van der Waals surface area contributed by atoms with Crippen molar-refractivity contribution in [2.24, 2.45) is 0 Å². The Kier molecular flexibility index (Phi) is 5.13. The van der Waals surface area contributed by atoms with E-state index in [1.165, 1.54) is 20.4 Å². The van der Waals surface area contributed by atoms with Crippen LogP contribution in [0.1, 0.15) is 37.0 Å². The highest BCUT2D eigenvalue weighted by Crippen LogP contribution is 2.48. The lowest BCUT2D eigenvalue weighted by Gasteiger charge is -2.23. The minimum absolute atomic E-state index is 0.244. The Morgan fingerprint density at radius 1 is 1.00 bits per heavy atom. The number of rotatable bonds is 5. The van der Waals surface area contributed by atoms with Crippen LogP contribution < -0.4 is 0 Å². The molecule has 3 aromatic carbocycles. The average Bonchev–Trinajstić information content (AvgIpc) is 3.08. The van der Waals surface area contributed by atoms with Gasteiger partial charge < -0.3 is 4.74 Å². The first-order chi connectivity index (χ1) is 14.1. The van der Waals surface area contributed by atoms with Crippen LogP contribution in [0.2, 0.25) is 0 Å². The number of carbonyl (C=O) groups excluding carboxylic acids is 1. The molecule has 2 unspecified atom stereocenters. The Hall–Kier alpha value is -3.09. The largest absolute Gasteiger partial charge is 0.443 e. The van der Waals surface area contributed by atoms with Gasteiger partial charge in [0.1, 0.15) is 0 Å². The molecular weight excluding hydrogens is 376 g/mol. The predicted molar refractivity (Wildman–Crippen MR) is 123 cm³/mol. The number of terminal acetylenes is 1. The topological polar surface area (TPSA) is 26.3 Å². The van der Waals surface area contributed by atoms with Crippen molar-refractivity contribution in [2.75, 3.05) is 0 Å².